The summed E-state index contributed by atoms with van der Waals surface area (Å²) in [4.78, 5) is 34.7. The predicted molar refractivity (Wildman–Crippen MR) is 99.3 cm³/mol. The lowest BCUT2D eigenvalue weighted by Gasteiger charge is -2.25. The van der Waals surface area contributed by atoms with Crippen LogP contribution in [0, 0.1) is 0 Å². The zero-order valence-electron chi connectivity index (χ0n) is 14.8. The van der Waals surface area contributed by atoms with Gasteiger partial charge in [-0.3, -0.25) is 14.6 Å². The van der Waals surface area contributed by atoms with E-state index in [1.54, 1.807) is 29.0 Å². The van der Waals surface area contributed by atoms with E-state index in [4.69, 9.17) is 0 Å². The number of amides is 2. The minimum absolute atomic E-state index is 0.0190. The van der Waals surface area contributed by atoms with Crippen LogP contribution < -0.4 is 14.7 Å². The standard InChI is InChI=1S/C19H22N4O2/c1-14(24)22-11-6-12-23(18-8-5-4-7-17(18)22)19(25)16-13-15(21(2)3)9-10-20-16/h4-5,7-10,13H,6,11-12H2,1-3H3. The van der Waals surface area contributed by atoms with Crippen LogP contribution in [0.2, 0.25) is 0 Å². The van der Waals surface area contributed by atoms with Crippen LogP contribution in [0.5, 0.6) is 0 Å². The molecule has 0 aliphatic carbocycles. The topological polar surface area (TPSA) is 56.8 Å². The van der Waals surface area contributed by atoms with Crippen LogP contribution in [-0.2, 0) is 4.79 Å². The number of anilines is 3. The molecule has 0 N–H and O–H groups in total. The number of rotatable bonds is 2. The van der Waals surface area contributed by atoms with Gasteiger partial charge in [0.2, 0.25) is 5.91 Å². The van der Waals surface area contributed by atoms with Crippen molar-refractivity contribution < 1.29 is 9.59 Å². The second-order valence-corrected chi connectivity index (χ2v) is 6.26. The van der Waals surface area contributed by atoms with Crippen molar-refractivity contribution in [1.82, 2.24) is 4.98 Å². The number of aromatic nitrogens is 1. The minimum Gasteiger partial charge on any atom is -0.378 e. The Morgan fingerprint density at radius 1 is 1.04 bits per heavy atom. The van der Waals surface area contributed by atoms with Crippen LogP contribution in [-0.4, -0.2) is 44.0 Å². The molecule has 1 aliphatic heterocycles. The number of hydrogen-bond donors (Lipinski definition) is 0. The van der Waals surface area contributed by atoms with Gasteiger partial charge in [-0.25, -0.2) is 0 Å². The number of benzene rings is 1. The normalized spacial score (nSPS) is 13.9. The number of carbonyl (C=O) groups is 2. The van der Waals surface area contributed by atoms with Crippen LogP contribution in [0.1, 0.15) is 23.8 Å². The first-order valence-electron chi connectivity index (χ1n) is 8.31. The molecule has 0 fully saturated rings. The Labute approximate surface area is 147 Å². The zero-order valence-corrected chi connectivity index (χ0v) is 14.8. The molecule has 3 rings (SSSR count). The number of fused-ring (bicyclic) bond motifs is 1. The van der Waals surface area contributed by atoms with Crippen LogP contribution in [0.3, 0.4) is 0 Å². The number of pyridine rings is 1. The molecule has 0 bridgehead atoms. The predicted octanol–water partition coefficient (Wildman–Crippen LogP) is 2.55. The lowest BCUT2D eigenvalue weighted by Crippen LogP contribution is -2.32. The van der Waals surface area contributed by atoms with Crippen molar-refractivity contribution in [3.8, 4) is 0 Å². The molecule has 2 heterocycles. The molecular weight excluding hydrogens is 316 g/mol. The highest BCUT2D eigenvalue weighted by molar-refractivity contribution is 6.08. The lowest BCUT2D eigenvalue weighted by atomic mass is 10.2. The first kappa shape index (κ1) is 17.0. The largest absolute Gasteiger partial charge is 0.378 e. The molecule has 1 aromatic carbocycles. The van der Waals surface area contributed by atoms with Crippen molar-refractivity contribution in [2.24, 2.45) is 0 Å². The molecule has 0 unspecified atom stereocenters. The maximum atomic E-state index is 13.1. The Morgan fingerprint density at radius 2 is 1.68 bits per heavy atom. The van der Waals surface area contributed by atoms with Gasteiger partial charge in [-0.1, -0.05) is 12.1 Å². The van der Waals surface area contributed by atoms with Crippen LogP contribution >= 0.6 is 0 Å². The number of nitrogens with zero attached hydrogens (tertiary/aromatic N) is 4. The van der Waals surface area contributed by atoms with Gasteiger partial charge in [0.1, 0.15) is 5.69 Å². The summed E-state index contributed by atoms with van der Waals surface area (Å²) in [7, 11) is 3.85. The highest BCUT2D eigenvalue weighted by atomic mass is 16.2. The third kappa shape index (κ3) is 3.33. The van der Waals surface area contributed by atoms with Crippen molar-refractivity contribution in [2.45, 2.75) is 13.3 Å². The summed E-state index contributed by atoms with van der Waals surface area (Å²) in [5, 5.41) is 0. The summed E-state index contributed by atoms with van der Waals surface area (Å²) in [5.74, 6) is -0.170. The molecule has 0 spiro atoms. The molecule has 2 amide bonds. The minimum atomic E-state index is -0.151. The highest BCUT2D eigenvalue weighted by Crippen LogP contribution is 2.33. The molecule has 1 aromatic heterocycles. The molecule has 0 saturated carbocycles. The molecule has 25 heavy (non-hydrogen) atoms. The van der Waals surface area contributed by atoms with Crippen LogP contribution in [0.15, 0.2) is 42.6 Å². The molecule has 6 nitrogen and oxygen atoms in total. The van der Waals surface area contributed by atoms with E-state index in [1.165, 1.54) is 0 Å². The molecule has 2 aromatic rings. The first-order valence-corrected chi connectivity index (χ1v) is 8.31. The monoisotopic (exact) mass is 338 g/mol. The molecule has 1 aliphatic rings. The highest BCUT2D eigenvalue weighted by Gasteiger charge is 2.27. The smallest absolute Gasteiger partial charge is 0.277 e. The molecule has 6 heteroatoms. The third-order valence-electron chi connectivity index (χ3n) is 4.33. The summed E-state index contributed by atoms with van der Waals surface area (Å²) >= 11 is 0. The Morgan fingerprint density at radius 3 is 2.32 bits per heavy atom. The molecule has 130 valence electrons. The maximum Gasteiger partial charge on any atom is 0.277 e. The quantitative estimate of drug-likeness (QED) is 0.844. The van der Waals surface area contributed by atoms with Gasteiger partial charge in [0.15, 0.2) is 0 Å². The van der Waals surface area contributed by atoms with Gasteiger partial charge in [0.25, 0.3) is 5.91 Å². The van der Waals surface area contributed by atoms with Gasteiger partial charge in [-0.05, 0) is 30.7 Å². The number of hydrogen-bond acceptors (Lipinski definition) is 4. The fourth-order valence-corrected chi connectivity index (χ4v) is 3.04. The number of para-hydroxylation sites is 2. The van der Waals surface area contributed by atoms with Gasteiger partial charge in [-0.2, -0.15) is 0 Å². The Bertz CT molecular complexity index is 804. The van der Waals surface area contributed by atoms with E-state index >= 15 is 0 Å². The van der Waals surface area contributed by atoms with E-state index in [0.717, 1.165) is 17.1 Å². The van der Waals surface area contributed by atoms with E-state index < -0.39 is 0 Å². The van der Waals surface area contributed by atoms with Crippen LogP contribution in [0.4, 0.5) is 17.1 Å². The average molecular weight is 338 g/mol. The fraction of sp³-hybridized carbons (Fsp3) is 0.316. The van der Waals surface area contributed by atoms with Crippen molar-refractivity contribution in [3.63, 3.8) is 0 Å². The van der Waals surface area contributed by atoms with Gasteiger partial charge < -0.3 is 14.7 Å². The van der Waals surface area contributed by atoms with Crippen molar-refractivity contribution in [3.05, 3.63) is 48.3 Å². The van der Waals surface area contributed by atoms with Crippen molar-refractivity contribution in [2.75, 3.05) is 41.9 Å². The second-order valence-electron chi connectivity index (χ2n) is 6.26. The second kappa shape index (κ2) is 6.93. The molecule has 0 atom stereocenters. The Balaban J connectivity index is 2.01. The summed E-state index contributed by atoms with van der Waals surface area (Å²) < 4.78 is 0. The summed E-state index contributed by atoms with van der Waals surface area (Å²) in [6.07, 6.45) is 2.36. The summed E-state index contributed by atoms with van der Waals surface area (Å²) in [6.45, 7) is 2.70. The van der Waals surface area contributed by atoms with E-state index in [9.17, 15) is 9.59 Å². The van der Waals surface area contributed by atoms with Crippen molar-refractivity contribution >= 4 is 28.9 Å². The summed E-state index contributed by atoms with van der Waals surface area (Å²) in [6, 6.07) is 11.2. The molecule has 0 saturated heterocycles. The fourth-order valence-electron chi connectivity index (χ4n) is 3.04. The van der Waals surface area contributed by atoms with Gasteiger partial charge >= 0.3 is 0 Å². The zero-order chi connectivity index (χ0) is 18.0. The van der Waals surface area contributed by atoms with E-state index in [-0.39, 0.29) is 11.8 Å². The van der Waals surface area contributed by atoms with Crippen molar-refractivity contribution in [1.29, 1.82) is 0 Å². The SMILES string of the molecule is CC(=O)N1CCCN(C(=O)c2cc(N(C)C)ccn2)c2ccccc21. The van der Waals surface area contributed by atoms with Gasteiger partial charge in [0.05, 0.1) is 11.4 Å². The summed E-state index contributed by atoms with van der Waals surface area (Å²) in [5.41, 5.74) is 2.84. The lowest BCUT2D eigenvalue weighted by molar-refractivity contribution is -0.116. The third-order valence-corrected chi connectivity index (χ3v) is 4.33. The van der Waals surface area contributed by atoms with Gasteiger partial charge in [-0.15, -0.1) is 0 Å². The first-order chi connectivity index (χ1) is 12.0. The van der Waals surface area contributed by atoms with Crippen LogP contribution in [0.25, 0.3) is 0 Å². The number of carbonyl (C=O) groups excluding carboxylic acids is 2. The Hall–Kier alpha value is -2.89. The average Bonchev–Trinajstić information content (AvgIpc) is 2.81. The van der Waals surface area contributed by atoms with E-state index in [1.807, 2.05) is 49.3 Å². The Kier molecular flexibility index (Phi) is 4.70. The van der Waals surface area contributed by atoms with Gasteiger partial charge in [0, 0.05) is 46.0 Å². The van der Waals surface area contributed by atoms with E-state index in [0.29, 0.717) is 25.2 Å². The molecular formula is C19H22N4O2. The van der Waals surface area contributed by atoms with E-state index in [2.05, 4.69) is 4.98 Å². The maximum absolute atomic E-state index is 13.1. The molecule has 0 radical (unpaired) electrons.